The summed E-state index contributed by atoms with van der Waals surface area (Å²) in [5.41, 5.74) is -1.47. The second-order valence-electron chi connectivity index (χ2n) is 8.09. The summed E-state index contributed by atoms with van der Waals surface area (Å²) in [7, 11) is 0. The molecule has 2 aliphatic rings. The van der Waals surface area contributed by atoms with Gasteiger partial charge in [-0.25, -0.2) is 13.6 Å². The first-order chi connectivity index (χ1) is 16.7. The van der Waals surface area contributed by atoms with Crippen LogP contribution in [0.5, 0.6) is 17.4 Å². The molecule has 3 heterocycles. The van der Waals surface area contributed by atoms with Gasteiger partial charge in [0.25, 0.3) is 0 Å². The molecule has 0 unspecified atom stereocenters. The maximum absolute atomic E-state index is 14.6. The van der Waals surface area contributed by atoms with Crippen LogP contribution in [0.1, 0.15) is 11.1 Å². The number of halogens is 5. The molecule has 7 nitrogen and oxygen atoms in total. The standard InChI is InChI=1S/C23H18F5N3O4/c24-17-6-13(7-18(25)21(17)35-15-3-1-2-14(8-15)23(26,27)28)12-34-19-9-20-30-4-5-33-16(10-30)11-31(20)22(32)29-19/h1-3,6-9,16H,4-5,10-12H2/t16-/m0/s1. The third-order valence-electron chi connectivity index (χ3n) is 5.64. The van der Waals surface area contributed by atoms with Crippen LogP contribution in [0.2, 0.25) is 0 Å². The van der Waals surface area contributed by atoms with E-state index in [1.807, 2.05) is 4.90 Å². The molecule has 3 aromatic rings. The lowest BCUT2D eigenvalue weighted by atomic mass is 10.2. The Morgan fingerprint density at radius 1 is 1.09 bits per heavy atom. The molecule has 5 rings (SSSR count). The van der Waals surface area contributed by atoms with E-state index in [-0.39, 0.29) is 29.9 Å². The molecule has 1 fully saturated rings. The van der Waals surface area contributed by atoms with Crippen LogP contribution in [-0.2, 0) is 24.1 Å². The minimum atomic E-state index is -4.63. The summed E-state index contributed by atoms with van der Waals surface area (Å²) in [6.45, 7) is 1.83. The molecule has 0 radical (unpaired) electrons. The van der Waals surface area contributed by atoms with Crippen molar-refractivity contribution in [3.05, 3.63) is 75.7 Å². The average molecular weight is 495 g/mol. The highest BCUT2D eigenvalue weighted by atomic mass is 19.4. The number of hydrogen-bond donors (Lipinski definition) is 0. The Kier molecular flexibility index (Phi) is 5.83. The zero-order chi connectivity index (χ0) is 24.7. The first-order valence-electron chi connectivity index (χ1n) is 10.6. The summed E-state index contributed by atoms with van der Waals surface area (Å²) < 4.78 is 85.4. The molecule has 0 amide bonds. The van der Waals surface area contributed by atoms with Crippen molar-refractivity contribution < 1.29 is 36.2 Å². The molecule has 184 valence electrons. The molecule has 0 N–H and O–H groups in total. The number of anilines is 1. The first-order valence-corrected chi connectivity index (χ1v) is 10.6. The van der Waals surface area contributed by atoms with Crippen LogP contribution >= 0.6 is 0 Å². The molecule has 0 saturated carbocycles. The van der Waals surface area contributed by atoms with E-state index in [2.05, 4.69) is 4.98 Å². The van der Waals surface area contributed by atoms with Gasteiger partial charge in [0, 0.05) is 19.2 Å². The van der Waals surface area contributed by atoms with E-state index >= 15 is 0 Å². The van der Waals surface area contributed by atoms with E-state index in [0.717, 1.165) is 30.3 Å². The summed E-state index contributed by atoms with van der Waals surface area (Å²) in [6.07, 6.45) is -4.72. The van der Waals surface area contributed by atoms with Crippen LogP contribution < -0.4 is 20.1 Å². The lowest BCUT2D eigenvalue weighted by Crippen LogP contribution is -2.52. The Morgan fingerprint density at radius 2 is 1.86 bits per heavy atom. The van der Waals surface area contributed by atoms with E-state index in [9.17, 15) is 26.7 Å². The van der Waals surface area contributed by atoms with E-state index < -0.39 is 34.8 Å². The number of rotatable bonds is 5. The second kappa shape index (κ2) is 8.84. The van der Waals surface area contributed by atoms with Crippen molar-refractivity contribution in [1.82, 2.24) is 9.55 Å². The molecular weight excluding hydrogens is 477 g/mol. The number of morpholine rings is 1. The quantitative estimate of drug-likeness (QED) is 0.496. The van der Waals surface area contributed by atoms with Crippen molar-refractivity contribution in [2.75, 3.05) is 24.6 Å². The zero-order valence-corrected chi connectivity index (χ0v) is 18.0. The molecule has 35 heavy (non-hydrogen) atoms. The number of aromatic nitrogens is 2. The molecule has 2 aromatic carbocycles. The molecule has 2 aliphatic heterocycles. The fraction of sp³-hybridized carbons (Fsp3) is 0.304. The summed E-state index contributed by atoms with van der Waals surface area (Å²) >= 11 is 0. The fourth-order valence-electron chi connectivity index (χ4n) is 4.03. The third kappa shape index (κ3) is 4.78. The minimum absolute atomic E-state index is 0.00343. The molecular formula is C23H18F5N3O4. The van der Waals surface area contributed by atoms with E-state index in [1.165, 1.54) is 4.57 Å². The lowest BCUT2D eigenvalue weighted by Gasteiger charge is -2.40. The highest BCUT2D eigenvalue weighted by Crippen LogP contribution is 2.34. The maximum Gasteiger partial charge on any atom is 0.416 e. The molecule has 2 bridgehead atoms. The van der Waals surface area contributed by atoms with Crippen LogP contribution in [0.4, 0.5) is 27.8 Å². The number of fused-ring (bicyclic) bond motifs is 4. The fourth-order valence-corrected chi connectivity index (χ4v) is 4.03. The van der Waals surface area contributed by atoms with Gasteiger partial charge < -0.3 is 19.1 Å². The van der Waals surface area contributed by atoms with Gasteiger partial charge in [0.1, 0.15) is 18.2 Å². The molecule has 0 spiro atoms. The van der Waals surface area contributed by atoms with Gasteiger partial charge in [0.15, 0.2) is 17.4 Å². The largest absolute Gasteiger partial charge is 0.473 e. The van der Waals surface area contributed by atoms with Crippen LogP contribution in [0.15, 0.2) is 47.3 Å². The van der Waals surface area contributed by atoms with Crippen molar-refractivity contribution >= 4 is 5.82 Å². The average Bonchev–Trinajstić information content (AvgIpc) is 2.81. The Balaban J connectivity index is 1.32. The van der Waals surface area contributed by atoms with Gasteiger partial charge in [-0.05, 0) is 35.9 Å². The molecule has 0 aliphatic carbocycles. The molecule has 1 aromatic heterocycles. The zero-order valence-electron chi connectivity index (χ0n) is 18.0. The van der Waals surface area contributed by atoms with Gasteiger partial charge in [-0.3, -0.25) is 4.57 Å². The van der Waals surface area contributed by atoms with Crippen molar-refractivity contribution in [3.8, 4) is 17.4 Å². The number of alkyl halides is 3. The second-order valence-corrected chi connectivity index (χ2v) is 8.09. The number of benzene rings is 2. The smallest absolute Gasteiger partial charge is 0.416 e. The number of hydrogen-bond acceptors (Lipinski definition) is 6. The molecule has 1 atom stereocenters. The molecule has 12 heteroatoms. The van der Waals surface area contributed by atoms with Gasteiger partial charge in [-0.2, -0.15) is 18.2 Å². The summed E-state index contributed by atoms with van der Waals surface area (Å²) in [5.74, 6) is -2.85. The summed E-state index contributed by atoms with van der Waals surface area (Å²) in [5, 5.41) is 0. The predicted octanol–water partition coefficient (Wildman–Crippen LogP) is 4.13. The number of ether oxygens (including phenoxy) is 3. The number of nitrogens with zero attached hydrogens (tertiary/aromatic N) is 3. The van der Waals surface area contributed by atoms with E-state index in [0.29, 0.717) is 38.1 Å². The predicted molar refractivity (Wildman–Crippen MR) is 113 cm³/mol. The van der Waals surface area contributed by atoms with Crippen molar-refractivity contribution in [2.24, 2.45) is 0 Å². The van der Waals surface area contributed by atoms with Crippen LogP contribution in [0.3, 0.4) is 0 Å². The van der Waals surface area contributed by atoms with Crippen molar-refractivity contribution in [2.45, 2.75) is 25.4 Å². The van der Waals surface area contributed by atoms with Gasteiger partial charge in [-0.15, -0.1) is 0 Å². The van der Waals surface area contributed by atoms with E-state index in [1.54, 1.807) is 6.07 Å². The maximum atomic E-state index is 14.6. The van der Waals surface area contributed by atoms with Crippen LogP contribution in [0.25, 0.3) is 0 Å². The van der Waals surface area contributed by atoms with E-state index in [4.69, 9.17) is 14.2 Å². The topological polar surface area (TPSA) is 65.8 Å². The Labute approximate surface area is 195 Å². The van der Waals surface area contributed by atoms with Gasteiger partial charge in [0.05, 0.1) is 24.8 Å². The highest BCUT2D eigenvalue weighted by Gasteiger charge is 2.31. The Hall–Kier alpha value is -3.67. The Morgan fingerprint density at radius 3 is 2.60 bits per heavy atom. The van der Waals surface area contributed by atoms with Gasteiger partial charge >= 0.3 is 11.9 Å². The monoisotopic (exact) mass is 495 g/mol. The van der Waals surface area contributed by atoms with Gasteiger partial charge in [0.2, 0.25) is 5.88 Å². The SMILES string of the molecule is O=c1nc(OCc2cc(F)c(Oc3cccc(C(F)(F)F)c3)c(F)c2)cc2n1C[C@@H]1CN2CCO1. The lowest BCUT2D eigenvalue weighted by molar-refractivity contribution is -0.137. The van der Waals surface area contributed by atoms with Crippen molar-refractivity contribution in [1.29, 1.82) is 0 Å². The van der Waals surface area contributed by atoms with Crippen LogP contribution in [0, 0.1) is 11.6 Å². The highest BCUT2D eigenvalue weighted by molar-refractivity contribution is 5.45. The normalized spacial score (nSPS) is 17.2. The summed E-state index contributed by atoms with van der Waals surface area (Å²) in [6, 6.07) is 7.14. The Bertz CT molecular complexity index is 1300. The van der Waals surface area contributed by atoms with Gasteiger partial charge in [-0.1, -0.05) is 6.07 Å². The first kappa shape index (κ1) is 23.1. The summed E-state index contributed by atoms with van der Waals surface area (Å²) in [4.78, 5) is 18.3. The minimum Gasteiger partial charge on any atom is -0.473 e. The van der Waals surface area contributed by atoms with Crippen LogP contribution in [-0.4, -0.2) is 35.4 Å². The third-order valence-corrected chi connectivity index (χ3v) is 5.64. The van der Waals surface area contributed by atoms with Crippen molar-refractivity contribution in [3.63, 3.8) is 0 Å². The molecule has 1 saturated heterocycles.